The highest BCUT2D eigenvalue weighted by molar-refractivity contribution is 5.96. The molecule has 0 aliphatic heterocycles. The summed E-state index contributed by atoms with van der Waals surface area (Å²) in [7, 11) is 0. The molecule has 0 aliphatic carbocycles. The summed E-state index contributed by atoms with van der Waals surface area (Å²) >= 11 is 0. The van der Waals surface area contributed by atoms with Gasteiger partial charge in [0.1, 0.15) is 11.9 Å². The lowest BCUT2D eigenvalue weighted by Gasteiger charge is -2.16. The number of carboxylic acids is 1. The van der Waals surface area contributed by atoms with Crippen LogP contribution in [0.4, 0.5) is 4.39 Å². The fourth-order valence-electron chi connectivity index (χ4n) is 4.24. The Morgan fingerprint density at radius 2 is 1.73 bits per heavy atom. The first kappa shape index (κ1) is 28.0. The van der Waals surface area contributed by atoms with Crippen LogP contribution in [0, 0.1) is 5.82 Å². The monoisotopic (exact) mass is 546 g/mol. The number of H-pyrrole nitrogens is 1. The topological polar surface area (TPSA) is 154 Å². The maximum atomic E-state index is 15.1. The van der Waals surface area contributed by atoms with E-state index in [0.717, 1.165) is 5.56 Å². The average Bonchev–Trinajstić information content (AvgIpc) is 3.35. The van der Waals surface area contributed by atoms with Crippen LogP contribution in [0.1, 0.15) is 44.7 Å². The minimum Gasteiger partial charge on any atom is -0.478 e. The summed E-state index contributed by atoms with van der Waals surface area (Å²) in [6.45, 7) is 2.00. The zero-order valence-electron chi connectivity index (χ0n) is 21.5. The number of imidazole rings is 1. The van der Waals surface area contributed by atoms with Crippen molar-refractivity contribution < 1.29 is 33.8 Å². The van der Waals surface area contributed by atoms with Gasteiger partial charge in [-0.05, 0) is 35.7 Å². The van der Waals surface area contributed by atoms with Crippen LogP contribution in [-0.2, 0) is 17.6 Å². The van der Waals surface area contributed by atoms with Crippen LogP contribution in [-0.4, -0.2) is 50.7 Å². The second-order valence-corrected chi connectivity index (χ2v) is 8.84. The normalized spacial score (nSPS) is 11.5. The van der Waals surface area contributed by atoms with Crippen molar-refractivity contribution in [2.24, 2.45) is 0 Å². The van der Waals surface area contributed by atoms with Crippen molar-refractivity contribution in [2.75, 3.05) is 6.61 Å². The lowest BCUT2D eigenvalue weighted by Crippen LogP contribution is -2.47. The van der Waals surface area contributed by atoms with E-state index >= 15 is 4.39 Å². The molecular weight excluding hydrogens is 519 g/mol. The summed E-state index contributed by atoms with van der Waals surface area (Å²) in [6.07, 6.45) is 0.249. The molecule has 0 bridgehead atoms. The molecular formula is C29H27FN4O6. The molecule has 0 saturated heterocycles. The first-order valence-corrected chi connectivity index (χ1v) is 12.4. The molecule has 0 spiro atoms. The second-order valence-electron chi connectivity index (χ2n) is 8.84. The molecule has 206 valence electrons. The Kier molecular flexibility index (Phi) is 8.87. The number of carboxylic acid groups (broad SMARTS) is 1. The van der Waals surface area contributed by atoms with E-state index < -0.39 is 29.6 Å². The molecule has 2 amide bonds. The van der Waals surface area contributed by atoms with Gasteiger partial charge < -0.3 is 20.1 Å². The maximum Gasteiger partial charge on any atom is 0.336 e. The minimum atomic E-state index is -1.16. The minimum absolute atomic E-state index is 0.0162. The number of halogens is 1. The van der Waals surface area contributed by atoms with E-state index in [0.29, 0.717) is 11.3 Å². The van der Waals surface area contributed by atoms with Crippen molar-refractivity contribution in [2.45, 2.75) is 25.8 Å². The molecule has 4 rings (SSSR count). The zero-order valence-corrected chi connectivity index (χ0v) is 21.5. The quantitative estimate of drug-likeness (QED) is 0.142. The number of carbonyl (C=O) groups excluding carboxylic acids is 2. The fraction of sp³-hybridized carbons (Fsp3) is 0.172. The Balaban J connectivity index is 1.56. The van der Waals surface area contributed by atoms with Gasteiger partial charge in [-0.25, -0.2) is 14.7 Å². The summed E-state index contributed by atoms with van der Waals surface area (Å²) < 4.78 is 20.7. The molecule has 5 N–H and O–H groups in total. The fourth-order valence-corrected chi connectivity index (χ4v) is 4.24. The molecule has 4 aromatic rings. The summed E-state index contributed by atoms with van der Waals surface area (Å²) in [4.78, 5) is 43.9. The SMILES string of the molecule is CCOc1nc(C(=O)NC(Cc2ccccc2)C(=O)NO)[nH]c1Cc1ccc(-c2ccccc2C(=O)O)c(F)c1. The van der Waals surface area contributed by atoms with Crippen molar-refractivity contribution in [1.82, 2.24) is 20.8 Å². The van der Waals surface area contributed by atoms with Gasteiger partial charge in [-0.3, -0.25) is 14.8 Å². The molecule has 3 aromatic carbocycles. The molecule has 1 atom stereocenters. The molecule has 0 aliphatic rings. The number of hydrogen-bond donors (Lipinski definition) is 5. The van der Waals surface area contributed by atoms with Crippen molar-refractivity contribution in [3.63, 3.8) is 0 Å². The Hall–Kier alpha value is -5.03. The van der Waals surface area contributed by atoms with Crippen molar-refractivity contribution >= 4 is 17.8 Å². The highest BCUT2D eigenvalue weighted by Crippen LogP contribution is 2.28. The molecule has 1 aromatic heterocycles. The molecule has 0 fully saturated rings. The van der Waals surface area contributed by atoms with Crippen LogP contribution in [0.2, 0.25) is 0 Å². The van der Waals surface area contributed by atoms with Crippen LogP contribution in [0.5, 0.6) is 5.88 Å². The first-order chi connectivity index (χ1) is 19.3. The number of carbonyl (C=O) groups is 3. The number of hydrogen-bond acceptors (Lipinski definition) is 6. The number of hydroxylamine groups is 1. The second kappa shape index (κ2) is 12.7. The predicted molar refractivity (Wildman–Crippen MR) is 143 cm³/mol. The summed E-state index contributed by atoms with van der Waals surface area (Å²) in [6, 6.07) is 18.5. The van der Waals surface area contributed by atoms with Gasteiger partial charge in [-0.2, -0.15) is 4.98 Å². The van der Waals surface area contributed by atoms with E-state index in [1.165, 1.54) is 24.3 Å². The zero-order chi connectivity index (χ0) is 28.6. The molecule has 10 nitrogen and oxygen atoms in total. The van der Waals surface area contributed by atoms with Gasteiger partial charge in [0.05, 0.1) is 17.9 Å². The Morgan fingerprint density at radius 1 is 1.00 bits per heavy atom. The van der Waals surface area contributed by atoms with E-state index in [1.807, 2.05) is 6.07 Å². The van der Waals surface area contributed by atoms with E-state index in [9.17, 15) is 19.5 Å². The van der Waals surface area contributed by atoms with Crippen LogP contribution in [0.15, 0.2) is 72.8 Å². The van der Waals surface area contributed by atoms with Gasteiger partial charge in [0.15, 0.2) is 5.82 Å². The van der Waals surface area contributed by atoms with Gasteiger partial charge >= 0.3 is 5.97 Å². The molecule has 40 heavy (non-hydrogen) atoms. The number of benzene rings is 3. The highest BCUT2D eigenvalue weighted by Gasteiger charge is 2.25. The Bertz CT molecular complexity index is 1520. The number of ether oxygens (including phenoxy) is 1. The van der Waals surface area contributed by atoms with Crippen molar-refractivity contribution in [3.05, 3.63) is 107 Å². The van der Waals surface area contributed by atoms with E-state index in [-0.39, 0.29) is 47.8 Å². The Labute approximate surface area is 228 Å². The van der Waals surface area contributed by atoms with E-state index in [1.54, 1.807) is 54.9 Å². The predicted octanol–water partition coefficient (Wildman–Crippen LogP) is 3.75. The highest BCUT2D eigenvalue weighted by atomic mass is 19.1. The summed E-state index contributed by atoms with van der Waals surface area (Å²) in [5.74, 6) is -3.27. The van der Waals surface area contributed by atoms with Crippen molar-refractivity contribution in [1.29, 1.82) is 0 Å². The van der Waals surface area contributed by atoms with Crippen LogP contribution in [0.25, 0.3) is 11.1 Å². The van der Waals surface area contributed by atoms with Crippen LogP contribution in [0.3, 0.4) is 0 Å². The Morgan fingerprint density at radius 3 is 2.40 bits per heavy atom. The number of amides is 2. The van der Waals surface area contributed by atoms with Gasteiger partial charge in [-0.15, -0.1) is 0 Å². The molecule has 0 saturated carbocycles. The first-order valence-electron chi connectivity index (χ1n) is 12.4. The number of nitrogens with one attached hydrogen (secondary N) is 3. The molecule has 0 radical (unpaired) electrons. The van der Waals surface area contributed by atoms with E-state index in [4.69, 9.17) is 9.94 Å². The molecule has 1 unspecified atom stereocenters. The number of nitrogens with zero attached hydrogens (tertiary/aromatic N) is 1. The largest absolute Gasteiger partial charge is 0.478 e. The number of aromatic nitrogens is 2. The lowest BCUT2D eigenvalue weighted by molar-refractivity contribution is -0.131. The number of aromatic amines is 1. The van der Waals surface area contributed by atoms with Gasteiger partial charge in [-0.1, -0.05) is 60.7 Å². The smallest absolute Gasteiger partial charge is 0.336 e. The summed E-state index contributed by atoms with van der Waals surface area (Å²) in [5.41, 5.74) is 3.63. The number of rotatable bonds is 11. The van der Waals surface area contributed by atoms with E-state index in [2.05, 4.69) is 15.3 Å². The van der Waals surface area contributed by atoms with Gasteiger partial charge in [0.2, 0.25) is 5.88 Å². The summed E-state index contributed by atoms with van der Waals surface area (Å²) in [5, 5.41) is 21.2. The molecule has 1 heterocycles. The maximum absolute atomic E-state index is 15.1. The van der Waals surface area contributed by atoms with Crippen LogP contribution >= 0.6 is 0 Å². The molecule has 11 heteroatoms. The third kappa shape index (κ3) is 6.51. The average molecular weight is 547 g/mol. The third-order valence-corrected chi connectivity index (χ3v) is 6.11. The lowest BCUT2D eigenvalue weighted by atomic mass is 9.97. The van der Waals surface area contributed by atoms with Crippen LogP contribution < -0.4 is 15.5 Å². The standard InChI is InChI=1S/C29H27FN4O6/c1-2-40-28-24(16-18-12-13-20(22(30)14-18)19-10-6-7-11-21(19)29(37)38)31-25(33-28)27(36)32-23(26(35)34-39)15-17-8-4-3-5-9-17/h3-14,23,39H,2,15-16H2,1H3,(H,31,33)(H,32,36)(H,34,35)(H,37,38). The van der Waals surface area contributed by atoms with Gasteiger partial charge in [0.25, 0.3) is 11.8 Å². The van der Waals surface area contributed by atoms with Gasteiger partial charge in [0, 0.05) is 18.4 Å². The number of aromatic carboxylic acids is 1. The van der Waals surface area contributed by atoms with Crippen molar-refractivity contribution in [3.8, 4) is 17.0 Å². The third-order valence-electron chi connectivity index (χ3n) is 6.11.